The largest absolute Gasteiger partial charge is 0.368 e. The summed E-state index contributed by atoms with van der Waals surface area (Å²) >= 11 is 25.2. The molecule has 588 valence electrons. The van der Waals surface area contributed by atoms with Crippen molar-refractivity contribution in [2.24, 2.45) is 5.73 Å². The molecule has 0 unspecified atom stereocenters. The van der Waals surface area contributed by atoms with E-state index in [1.54, 1.807) is 41.9 Å². The Morgan fingerprint density at radius 3 is 1.13 bits per heavy atom. The van der Waals surface area contributed by atoms with Gasteiger partial charge in [0.2, 0.25) is 5.95 Å². The maximum absolute atomic E-state index is 14.0. The molecule has 0 radical (unpaired) electrons. The zero-order chi connectivity index (χ0) is 81.2. The number of anilines is 5. The van der Waals surface area contributed by atoms with Crippen LogP contribution in [0.25, 0.3) is 76.2 Å². The molecule has 15 aromatic rings. The molecule has 19 rings (SSSR count). The third-order valence-electron chi connectivity index (χ3n) is 20.7. The summed E-state index contributed by atoms with van der Waals surface area (Å²) in [5, 5.41) is 53.6. The smallest absolute Gasteiger partial charge is 0.269 e. The van der Waals surface area contributed by atoms with Gasteiger partial charge in [0.1, 0.15) is 59.6 Å². The first-order chi connectivity index (χ1) is 56.0. The number of carbonyl (C=O) groups excluding carboxylic acids is 2. The van der Waals surface area contributed by atoms with E-state index >= 15 is 0 Å². The van der Waals surface area contributed by atoms with Crippen molar-refractivity contribution >= 4 is 164 Å². The first-order valence-corrected chi connectivity index (χ1v) is 38.7. The summed E-state index contributed by atoms with van der Waals surface area (Å²) in [5.41, 5.74) is 15.7. The molecule has 4 fully saturated rings. The van der Waals surface area contributed by atoms with Crippen LogP contribution in [0.2, 0.25) is 20.1 Å². The van der Waals surface area contributed by atoms with Gasteiger partial charge in [0.05, 0.1) is 88.2 Å². The van der Waals surface area contributed by atoms with Gasteiger partial charge >= 0.3 is 0 Å². The molecule has 0 spiro atoms. The number of rotatable bonds is 18. The molecular weight excluding hydrogens is 1570 g/mol. The number of pyridine rings is 4. The number of hydrogen-bond acceptors (Lipinski definition) is 23. The summed E-state index contributed by atoms with van der Waals surface area (Å²) in [5.74, 6) is -0.218. The molecule has 116 heavy (non-hydrogen) atoms. The predicted octanol–water partition coefficient (Wildman–Crippen LogP) is 13.5. The van der Waals surface area contributed by atoms with Crippen molar-refractivity contribution < 1.29 is 14.0 Å². The number of H-pyrrole nitrogens is 3. The van der Waals surface area contributed by atoms with E-state index in [0.29, 0.717) is 97.9 Å². The lowest BCUT2D eigenvalue weighted by atomic mass is 10.1. The van der Waals surface area contributed by atoms with Gasteiger partial charge in [0.15, 0.2) is 28.6 Å². The van der Waals surface area contributed by atoms with Crippen LogP contribution in [-0.4, -0.2) is 108 Å². The first kappa shape index (κ1) is 76.9. The summed E-state index contributed by atoms with van der Waals surface area (Å²) < 4.78 is 21.2. The van der Waals surface area contributed by atoms with Crippen molar-refractivity contribution in [2.75, 3.05) is 34.0 Å². The Bertz CT molecular complexity index is 6800. The third kappa shape index (κ3) is 14.8. The Morgan fingerprint density at radius 2 is 0.793 bits per heavy atom. The van der Waals surface area contributed by atoms with Crippen LogP contribution in [0.5, 0.6) is 0 Å². The molecule has 11 heterocycles. The minimum atomic E-state index is -0.654. The zero-order valence-electron chi connectivity index (χ0n) is 62.5. The molecule has 4 saturated carbocycles. The minimum absolute atomic E-state index is 0.00554. The van der Waals surface area contributed by atoms with Crippen LogP contribution >= 0.6 is 46.4 Å². The van der Waals surface area contributed by atoms with E-state index in [1.807, 2.05) is 108 Å². The summed E-state index contributed by atoms with van der Waals surface area (Å²) in [6.07, 6.45) is 12.8. The van der Waals surface area contributed by atoms with Crippen LogP contribution in [0.4, 0.5) is 33.6 Å². The summed E-state index contributed by atoms with van der Waals surface area (Å²) in [6, 6.07) is 31.1. The van der Waals surface area contributed by atoms with Gasteiger partial charge in [-0.1, -0.05) is 94.9 Å². The van der Waals surface area contributed by atoms with Crippen LogP contribution in [0.3, 0.4) is 0 Å². The topological polar surface area (TPSA) is 447 Å². The van der Waals surface area contributed by atoms with E-state index in [0.717, 1.165) is 102 Å². The first-order valence-electron chi connectivity index (χ1n) is 37.2. The Balaban J connectivity index is 0.000000116. The van der Waals surface area contributed by atoms with Gasteiger partial charge in [-0.15, -0.1) is 0 Å². The Hall–Kier alpha value is -13.0. The van der Waals surface area contributed by atoms with Crippen LogP contribution in [0.15, 0.2) is 141 Å². The Morgan fingerprint density at radius 1 is 0.474 bits per heavy atom. The van der Waals surface area contributed by atoms with Gasteiger partial charge in [-0.2, -0.15) is 25.5 Å². The Labute approximate surface area is 675 Å². The third-order valence-corrected chi connectivity index (χ3v) is 22.0. The molecule has 37 heteroatoms. The molecule has 11 aromatic heterocycles. The molecule has 0 aliphatic heterocycles. The van der Waals surface area contributed by atoms with Crippen molar-refractivity contribution in [1.82, 2.24) is 94.0 Å². The van der Waals surface area contributed by atoms with Crippen molar-refractivity contribution in [3.63, 3.8) is 0 Å². The van der Waals surface area contributed by atoms with Crippen molar-refractivity contribution in [3.8, 4) is 6.07 Å². The second-order valence-corrected chi connectivity index (χ2v) is 30.3. The molecule has 12 N–H and O–H groups in total. The minimum Gasteiger partial charge on any atom is -0.368 e. The molecule has 0 saturated heterocycles. The number of aromatic amines is 3. The molecule has 2 amide bonds. The lowest BCUT2D eigenvalue weighted by molar-refractivity contribution is 0.0958. The Kier molecular flexibility index (Phi) is 20.8. The summed E-state index contributed by atoms with van der Waals surface area (Å²) in [6.45, 7) is 7.70. The number of benzene rings is 4. The van der Waals surface area contributed by atoms with E-state index in [2.05, 4.69) is 103 Å². The fourth-order valence-electron chi connectivity index (χ4n) is 14.6. The van der Waals surface area contributed by atoms with E-state index in [1.165, 1.54) is 19.0 Å². The lowest BCUT2D eigenvalue weighted by Crippen LogP contribution is -2.26. The molecular formula is C79H71Cl4FN26O6. The fraction of sp³-hybridized carbons (Fsp3) is 0.266. The number of nitrogens with zero attached hydrogens (tertiary/aromatic N) is 16. The number of nitriles is 1. The highest BCUT2D eigenvalue weighted by atomic mass is 35.5. The number of amides is 2. The standard InChI is InChI=1S/C21H20ClN7O2.C20H18ClN7O2.C20H16ClN7O.C18H17ClFN5O/c1-10(26-18-16-17(20(30)23-2)27-28-19(16)25-9-24-18)14-8-11-4-3-5-13(22)15(11)21(31)29(14)12-6-7-12;1-9(25-18-15-16(17(22)29)26-27-19(15)24-8-23-18)13-7-10-3-2-4-12(21)14(10)20(30)28(13)11-5-6-11;1-10(25-18-17-14(8-22)26-27-19(17)24-9-23-18)15-7-11-3-2-4-13(21)16(11)20(29)28(15)12-5-6-12;1-9(23-16-13(20)8-22-18(21)24-16)14-7-10-3-2-4-12(19)15(10)17(26)25(14)11-5-6-11/h3-5,8-10,12H,6-7H2,1-2H3,(H,23,30)(H2,24,25,26,27,28);2-4,7-9,11H,5-6H2,1H3,(H2,22,29)(H2,23,24,25,26,27);2-4,7,9-10,12H,5-6H2,1H3,(H2,23,24,25,26,27);2-4,7-9,11H,5-6H2,1H3,(H3,21,22,23,24)/t10-;9-;10-;9-/m0000/s1. The highest BCUT2D eigenvalue weighted by Crippen LogP contribution is 2.43. The molecule has 4 atom stereocenters. The number of aromatic nitrogens is 18. The number of nitrogen functional groups attached to an aromatic ring is 1. The SMILES string of the molecule is CNC(=O)c1[nH]nc2ncnc(N[C@@H](C)c3cc4cccc(Cl)c4c(=O)n3C3CC3)c12.C[C@H](Nc1nc(N)ncc1F)c1cc2cccc(Cl)c2c(=O)n1C1CC1.C[C@H](Nc1ncnc2n[nH]c(C#N)c12)c1cc2cccc(Cl)c2c(=O)n1C1CC1.C[C@H](Nc1ncnc2n[nH]c(C(N)=O)c12)c1cc2cccc(Cl)c2c(=O)n1C1CC1. The van der Waals surface area contributed by atoms with Gasteiger partial charge in [0, 0.05) is 54.0 Å². The highest BCUT2D eigenvalue weighted by molar-refractivity contribution is 6.37. The average molecular weight is 1640 g/mol. The number of nitrogens with one attached hydrogen (secondary N) is 8. The molecule has 0 bridgehead atoms. The number of fused-ring (bicyclic) bond motifs is 7. The van der Waals surface area contributed by atoms with E-state index < -0.39 is 11.7 Å². The maximum atomic E-state index is 14.0. The second-order valence-electron chi connectivity index (χ2n) is 28.7. The van der Waals surface area contributed by atoms with Crippen LogP contribution in [-0.2, 0) is 0 Å². The number of hydrogen-bond donors (Lipinski definition) is 10. The van der Waals surface area contributed by atoms with E-state index in [9.17, 15) is 38.4 Å². The molecule has 4 aromatic carbocycles. The quantitative estimate of drug-likeness (QED) is 0.0381. The monoisotopic (exact) mass is 1640 g/mol. The lowest BCUT2D eigenvalue weighted by Gasteiger charge is -2.21. The summed E-state index contributed by atoms with van der Waals surface area (Å²) in [4.78, 5) is 110. The van der Waals surface area contributed by atoms with Crippen molar-refractivity contribution in [3.05, 3.63) is 229 Å². The zero-order valence-corrected chi connectivity index (χ0v) is 65.5. The van der Waals surface area contributed by atoms with E-state index in [4.69, 9.17) is 57.9 Å². The van der Waals surface area contributed by atoms with Gasteiger partial charge in [-0.3, -0.25) is 44.1 Å². The van der Waals surface area contributed by atoms with Crippen molar-refractivity contribution in [2.45, 2.75) is 127 Å². The van der Waals surface area contributed by atoms with Gasteiger partial charge in [-0.25, -0.2) is 39.3 Å². The van der Waals surface area contributed by atoms with Gasteiger partial charge < -0.3 is 56.3 Å². The molecule has 4 aliphatic carbocycles. The number of nitrogens with two attached hydrogens (primary N) is 2. The van der Waals surface area contributed by atoms with E-state index in [-0.39, 0.29) is 99.6 Å². The average Bonchev–Trinajstić information content (AvgIpc) is 1.51. The molecule has 32 nitrogen and oxygen atoms in total. The van der Waals surface area contributed by atoms with Crippen LogP contribution < -0.4 is 60.3 Å². The number of primary amides is 1. The normalized spacial score (nSPS) is 14.9. The van der Waals surface area contributed by atoms with Crippen LogP contribution in [0.1, 0.15) is 177 Å². The highest BCUT2D eigenvalue weighted by Gasteiger charge is 2.35. The number of carbonyl (C=O) groups is 2. The predicted molar refractivity (Wildman–Crippen MR) is 442 cm³/mol. The van der Waals surface area contributed by atoms with Gasteiger partial charge in [-0.05, 0) is 149 Å². The van der Waals surface area contributed by atoms with Crippen LogP contribution in [0, 0.1) is 17.1 Å². The number of halogens is 5. The maximum Gasteiger partial charge on any atom is 0.269 e. The van der Waals surface area contributed by atoms with Crippen molar-refractivity contribution in [1.29, 1.82) is 5.26 Å². The van der Waals surface area contributed by atoms with Gasteiger partial charge in [0.25, 0.3) is 34.1 Å². The summed E-state index contributed by atoms with van der Waals surface area (Å²) in [7, 11) is 1.54. The fourth-order valence-corrected chi connectivity index (χ4v) is 15.7. The second kappa shape index (κ2) is 31.4. The molecule has 4 aliphatic rings.